The highest BCUT2D eigenvalue weighted by Gasteiger charge is 2.23. The maximum atomic E-state index is 13.5. The number of carbonyl (C=O) groups is 2. The molecule has 0 radical (unpaired) electrons. The lowest BCUT2D eigenvalue weighted by Gasteiger charge is -2.21. The van der Waals surface area contributed by atoms with E-state index in [1.54, 1.807) is 0 Å². The predicted molar refractivity (Wildman–Crippen MR) is 116 cm³/mol. The second-order valence-electron chi connectivity index (χ2n) is 6.57. The van der Waals surface area contributed by atoms with E-state index in [1.165, 1.54) is 25.1 Å². The third-order valence-electron chi connectivity index (χ3n) is 4.44. The van der Waals surface area contributed by atoms with Crippen molar-refractivity contribution in [2.24, 2.45) is 0 Å². The number of rotatable bonds is 7. The highest BCUT2D eigenvalue weighted by Crippen LogP contribution is 2.43. The Balaban J connectivity index is 1.58. The van der Waals surface area contributed by atoms with Gasteiger partial charge in [0.15, 0.2) is 18.2 Å². The first-order valence-corrected chi connectivity index (χ1v) is 11.5. The smallest absolute Gasteiger partial charge is 0.258 e. The normalized spacial score (nSPS) is 15.3. The minimum atomic E-state index is -1.16. The van der Waals surface area contributed by atoms with Crippen molar-refractivity contribution in [3.63, 3.8) is 0 Å². The zero-order valence-corrected chi connectivity index (χ0v) is 18.0. The third-order valence-corrected chi connectivity index (χ3v) is 7.46. The van der Waals surface area contributed by atoms with Gasteiger partial charge in [0.2, 0.25) is 5.91 Å². The summed E-state index contributed by atoms with van der Waals surface area (Å²) in [6.07, 6.45) is 1.23. The lowest BCUT2D eigenvalue weighted by atomic mass is 10.1. The number of hydrogen-bond acceptors (Lipinski definition) is 5. The van der Waals surface area contributed by atoms with Crippen molar-refractivity contribution in [2.45, 2.75) is 17.0 Å². The molecule has 1 fully saturated rings. The number of halogens is 2. The molecule has 1 aliphatic rings. The van der Waals surface area contributed by atoms with Crippen molar-refractivity contribution in [3.05, 3.63) is 65.2 Å². The summed E-state index contributed by atoms with van der Waals surface area (Å²) >= 11 is 3.84. The fourth-order valence-electron chi connectivity index (χ4n) is 2.89. The van der Waals surface area contributed by atoms with Crippen LogP contribution in [0.25, 0.3) is 0 Å². The molecule has 0 bridgehead atoms. The number of carbonyl (C=O) groups excluding carboxylic acids is 2. The maximum Gasteiger partial charge on any atom is 0.258 e. The zero-order valence-electron chi connectivity index (χ0n) is 16.3. The Hall–Kier alpha value is -2.26. The zero-order chi connectivity index (χ0) is 21.5. The lowest BCUT2D eigenvalue weighted by molar-refractivity contribution is -0.129. The topological polar surface area (TPSA) is 67.4 Å². The molecule has 160 valence electrons. The summed E-state index contributed by atoms with van der Waals surface area (Å²) in [6, 6.07) is 9.47. The van der Waals surface area contributed by atoms with Crippen LogP contribution in [0.1, 0.15) is 28.2 Å². The van der Waals surface area contributed by atoms with E-state index in [0.717, 1.165) is 23.6 Å². The molecule has 30 heavy (non-hydrogen) atoms. The highest BCUT2D eigenvalue weighted by molar-refractivity contribution is 8.16. The van der Waals surface area contributed by atoms with Gasteiger partial charge in [-0.2, -0.15) is 0 Å². The van der Waals surface area contributed by atoms with E-state index in [-0.39, 0.29) is 12.2 Å². The summed E-state index contributed by atoms with van der Waals surface area (Å²) in [5.74, 6) is -0.402. The van der Waals surface area contributed by atoms with Gasteiger partial charge in [0.1, 0.15) is 11.8 Å². The number of thioether (sulfide) groups is 2. The van der Waals surface area contributed by atoms with Crippen LogP contribution in [0.4, 0.5) is 8.78 Å². The molecule has 2 N–H and O–H groups in total. The van der Waals surface area contributed by atoms with Gasteiger partial charge in [-0.15, -0.1) is 23.5 Å². The largest absolute Gasteiger partial charge is 0.484 e. The predicted octanol–water partition coefficient (Wildman–Crippen LogP) is 3.82. The molecular formula is C21H22F2N2O3S2. The van der Waals surface area contributed by atoms with Gasteiger partial charge in [0, 0.05) is 7.05 Å². The highest BCUT2D eigenvalue weighted by atomic mass is 32.2. The molecule has 0 spiro atoms. The molecule has 1 atom stereocenters. The molecule has 5 nitrogen and oxygen atoms in total. The van der Waals surface area contributed by atoms with Crippen LogP contribution in [0.2, 0.25) is 0 Å². The van der Waals surface area contributed by atoms with Crippen molar-refractivity contribution in [3.8, 4) is 5.75 Å². The average molecular weight is 453 g/mol. The lowest BCUT2D eigenvalue weighted by Crippen LogP contribution is -2.41. The van der Waals surface area contributed by atoms with Crippen LogP contribution < -0.4 is 15.4 Å². The van der Waals surface area contributed by atoms with E-state index in [0.29, 0.717) is 10.3 Å². The number of nitrogens with one attached hydrogen (secondary N) is 2. The van der Waals surface area contributed by atoms with Gasteiger partial charge in [0.25, 0.3) is 5.91 Å². The third kappa shape index (κ3) is 5.89. The van der Waals surface area contributed by atoms with Gasteiger partial charge in [0.05, 0.1) is 4.58 Å². The molecule has 1 aliphatic heterocycles. The van der Waals surface area contributed by atoms with Crippen molar-refractivity contribution in [1.82, 2.24) is 10.6 Å². The number of benzene rings is 2. The minimum absolute atomic E-state index is 0.133. The van der Waals surface area contributed by atoms with Crippen LogP contribution in [-0.2, 0) is 9.59 Å². The summed E-state index contributed by atoms with van der Waals surface area (Å²) in [5, 5.41) is 4.89. The van der Waals surface area contributed by atoms with Gasteiger partial charge < -0.3 is 15.4 Å². The number of amides is 2. The van der Waals surface area contributed by atoms with Crippen molar-refractivity contribution in [2.75, 3.05) is 25.2 Å². The van der Waals surface area contributed by atoms with E-state index < -0.39 is 29.5 Å². The fraction of sp³-hybridized carbons (Fsp3) is 0.333. The molecule has 1 unspecified atom stereocenters. The molecule has 2 aromatic carbocycles. The van der Waals surface area contributed by atoms with Crippen LogP contribution in [0.3, 0.4) is 0 Å². The first-order chi connectivity index (χ1) is 14.5. The SMILES string of the molecule is CNC(=O)C(NC(=O)COc1ccc(C2SCCCS2)cc1)c1ccc(F)c(F)c1. The monoisotopic (exact) mass is 452 g/mol. The molecule has 0 saturated carbocycles. The Morgan fingerprint density at radius 2 is 1.80 bits per heavy atom. The Morgan fingerprint density at radius 3 is 2.43 bits per heavy atom. The van der Waals surface area contributed by atoms with Crippen molar-refractivity contribution >= 4 is 35.3 Å². The van der Waals surface area contributed by atoms with Crippen LogP contribution >= 0.6 is 23.5 Å². The standard InChI is InChI=1S/C21H22F2N2O3S2/c1-24-20(27)19(14-5-8-16(22)17(23)11-14)25-18(26)12-28-15-6-3-13(4-7-15)21-29-9-2-10-30-21/h3-8,11,19,21H,2,9-10,12H2,1H3,(H,24,27)(H,25,26). The first-order valence-electron chi connectivity index (χ1n) is 9.40. The van der Waals surface area contributed by atoms with Gasteiger partial charge in [-0.3, -0.25) is 9.59 Å². The van der Waals surface area contributed by atoms with Crippen LogP contribution in [0, 0.1) is 11.6 Å². The van der Waals surface area contributed by atoms with Crippen LogP contribution in [0.15, 0.2) is 42.5 Å². The molecule has 1 heterocycles. The van der Waals surface area contributed by atoms with Gasteiger partial charge >= 0.3 is 0 Å². The molecule has 1 saturated heterocycles. The van der Waals surface area contributed by atoms with Crippen molar-refractivity contribution < 1.29 is 23.1 Å². The average Bonchev–Trinajstić information content (AvgIpc) is 2.78. The number of ether oxygens (including phenoxy) is 1. The fourth-order valence-corrected chi connectivity index (χ4v) is 5.78. The van der Waals surface area contributed by atoms with E-state index in [9.17, 15) is 18.4 Å². The second-order valence-corrected chi connectivity index (χ2v) is 9.30. The summed E-state index contributed by atoms with van der Waals surface area (Å²) in [5.41, 5.74) is 1.34. The van der Waals surface area contributed by atoms with Crippen molar-refractivity contribution in [1.29, 1.82) is 0 Å². The number of likely N-dealkylation sites (N-methyl/N-ethyl adjacent to an activating group) is 1. The molecule has 3 rings (SSSR count). The van der Waals surface area contributed by atoms with Crippen LogP contribution in [0.5, 0.6) is 5.75 Å². The van der Waals surface area contributed by atoms with Gasteiger partial charge in [-0.25, -0.2) is 8.78 Å². The van der Waals surface area contributed by atoms with E-state index in [4.69, 9.17) is 4.74 Å². The molecular weight excluding hydrogens is 430 g/mol. The molecule has 0 aromatic heterocycles. The van der Waals surface area contributed by atoms with Gasteiger partial charge in [-0.1, -0.05) is 18.2 Å². The van der Waals surface area contributed by atoms with Crippen LogP contribution in [-0.4, -0.2) is 37.0 Å². The molecule has 2 aromatic rings. The Kier molecular flexibility index (Phi) is 7.98. The summed E-state index contributed by atoms with van der Waals surface area (Å²) in [6.45, 7) is -0.316. The summed E-state index contributed by atoms with van der Waals surface area (Å²) in [4.78, 5) is 24.4. The quantitative estimate of drug-likeness (QED) is 0.669. The minimum Gasteiger partial charge on any atom is -0.484 e. The van der Waals surface area contributed by atoms with E-state index in [2.05, 4.69) is 10.6 Å². The Morgan fingerprint density at radius 1 is 1.10 bits per heavy atom. The first kappa shape index (κ1) is 22.4. The molecule has 2 amide bonds. The second kappa shape index (κ2) is 10.7. The Bertz CT molecular complexity index is 890. The summed E-state index contributed by atoms with van der Waals surface area (Å²) < 4.78 is 32.6. The summed E-state index contributed by atoms with van der Waals surface area (Å²) in [7, 11) is 1.39. The van der Waals surface area contributed by atoms with E-state index >= 15 is 0 Å². The van der Waals surface area contributed by atoms with E-state index in [1.807, 2.05) is 47.8 Å². The molecule has 9 heteroatoms. The van der Waals surface area contributed by atoms with Gasteiger partial charge in [-0.05, 0) is 53.3 Å². The number of hydrogen-bond donors (Lipinski definition) is 2. The Labute approximate surface area is 182 Å². The maximum absolute atomic E-state index is 13.5. The molecule has 0 aliphatic carbocycles.